The summed E-state index contributed by atoms with van der Waals surface area (Å²) in [7, 11) is 0. The third kappa shape index (κ3) is 1.79. The molecule has 0 unspecified atom stereocenters. The Kier molecular flexibility index (Phi) is 2.90. The zero-order valence-electron chi connectivity index (χ0n) is 11.7. The van der Waals surface area contributed by atoms with E-state index in [0.29, 0.717) is 0 Å². The van der Waals surface area contributed by atoms with Crippen LogP contribution in [0.25, 0.3) is 21.8 Å². The molecule has 1 aromatic carbocycles. The zero-order chi connectivity index (χ0) is 13.7. The Bertz CT molecular complexity index is 734. The van der Waals surface area contributed by atoms with Gasteiger partial charge in [-0.3, -0.25) is 4.98 Å². The molecule has 3 aromatic rings. The number of fused-ring (bicyclic) bond motifs is 3. The van der Waals surface area contributed by atoms with E-state index in [-0.39, 0.29) is 0 Å². The lowest BCUT2D eigenvalue weighted by Gasteiger charge is -2.07. The molecule has 2 nitrogen and oxygen atoms in total. The molecule has 2 heterocycles. The van der Waals surface area contributed by atoms with Crippen LogP contribution in [-0.2, 0) is 6.54 Å². The van der Waals surface area contributed by atoms with Crippen LogP contribution in [0.15, 0.2) is 22.7 Å². The molecule has 0 bridgehead atoms. The molecule has 19 heavy (non-hydrogen) atoms. The molecular formula is C16H17BrN2. The van der Waals surface area contributed by atoms with Crippen LogP contribution in [0.2, 0.25) is 0 Å². The van der Waals surface area contributed by atoms with Crippen LogP contribution in [0.5, 0.6) is 0 Å². The van der Waals surface area contributed by atoms with Crippen molar-refractivity contribution in [3.63, 3.8) is 0 Å². The van der Waals surface area contributed by atoms with Crippen LogP contribution in [0.1, 0.15) is 23.9 Å². The first kappa shape index (κ1) is 12.7. The van der Waals surface area contributed by atoms with Gasteiger partial charge in [0.2, 0.25) is 0 Å². The predicted octanol–water partition coefficient (Wildman–Crippen LogP) is 4.90. The summed E-state index contributed by atoms with van der Waals surface area (Å²) >= 11 is 3.61. The van der Waals surface area contributed by atoms with Gasteiger partial charge in [-0.1, -0.05) is 15.9 Å². The number of hydrogen-bond donors (Lipinski definition) is 0. The van der Waals surface area contributed by atoms with Crippen molar-refractivity contribution in [2.24, 2.45) is 0 Å². The fraction of sp³-hybridized carbons (Fsp3) is 0.312. The molecule has 3 heteroatoms. The van der Waals surface area contributed by atoms with E-state index in [0.717, 1.165) is 22.4 Å². The van der Waals surface area contributed by atoms with Crippen LogP contribution < -0.4 is 0 Å². The van der Waals surface area contributed by atoms with Crippen molar-refractivity contribution < 1.29 is 0 Å². The van der Waals surface area contributed by atoms with E-state index in [1.807, 2.05) is 0 Å². The van der Waals surface area contributed by atoms with E-state index in [9.17, 15) is 0 Å². The molecule has 0 atom stereocenters. The number of benzene rings is 1. The van der Waals surface area contributed by atoms with Crippen molar-refractivity contribution in [2.45, 2.75) is 34.2 Å². The van der Waals surface area contributed by atoms with E-state index in [1.54, 1.807) is 0 Å². The van der Waals surface area contributed by atoms with E-state index in [4.69, 9.17) is 0 Å². The summed E-state index contributed by atoms with van der Waals surface area (Å²) in [5, 5.41) is 2.63. The Morgan fingerprint density at radius 2 is 1.74 bits per heavy atom. The Balaban J connectivity index is 2.66. The van der Waals surface area contributed by atoms with Crippen molar-refractivity contribution in [1.82, 2.24) is 9.55 Å². The van der Waals surface area contributed by atoms with Gasteiger partial charge >= 0.3 is 0 Å². The third-order valence-corrected chi connectivity index (χ3v) is 4.16. The van der Waals surface area contributed by atoms with Crippen molar-refractivity contribution >= 4 is 37.7 Å². The second-order valence-electron chi connectivity index (χ2n) is 5.11. The van der Waals surface area contributed by atoms with Gasteiger partial charge < -0.3 is 4.57 Å². The van der Waals surface area contributed by atoms with Gasteiger partial charge in [0, 0.05) is 27.5 Å². The summed E-state index contributed by atoms with van der Waals surface area (Å²) in [6.07, 6.45) is 0. The molecule has 0 aliphatic rings. The number of nitrogens with zero attached hydrogens (tertiary/aromatic N) is 2. The van der Waals surface area contributed by atoms with Crippen molar-refractivity contribution in [1.29, 1.82) is 0 Å². The summed E-state index contributed by atoms with van der Waals surface area (Å²) in [6.45, 7) is 9.50. The molecule has 0 aliphatic heterocycles. The van der Waals surface area contributed by atoms with Crippen LogP contribution in [0, 0.1) is 20.8 Å². The predicted molar refractivity (Wildman–Crippen MR) is 84.8 cm³/mol. The third-order valence-electron chi connectivity index (χ3n) is 3.71. The number of hydrogen-bond acceptors (Lipinski definition) is 1. The van der Waals surface area contributed by atoms with Crippen molar-refractivity contribution in [2.75, 3.05) is 0 Å². The topological polar surface area (TPSA) is 17.8 Å². The van der Waals surface area contributed by atoms with Crippen molar-refractivity contribution in [3.8, 4) is 0 Å². The normalized spacial score (nSPS) is 11.6. The molecule has 0 aliphatic carbocycles. The second kappa shape index (κ2) is 4.34. The fourth-order valence-electron chi connectivity index (χ4n) is 3.10. The average Bonchev–Trinajstić information content (AvgIpc) is 2.63. The van der Waals surface area contributed by atoms with Crippen LogP contribution in [0.4, 0.5) is 0 Å². The first-order valence-corrected chi connectivity index (χ1v) is 7.38. The quantitative estimate of drug-likeness (QED) is 0.624. The summed E-state index contributed by atoms with van der Waals surface area (Å²) in [5.74, 6) is 0. The van der Waals surface area contributed by atoms with Gasteiger partial charge in [-0.05, 0) is 51.5 Å². The number of rotatable bonds is 1. The van der Waals surface area contributed by atoms with E-state index >= 15 is 0 Å². The first-order valence-electron chi connectivity index (χ1n) is 6.59. The maximum absolute atomic E-state index is 4.63. The first-order chi connectivity index (χ1) is 9.02. The van der Waals surface area contributed by atoms with Gasteiger partial charge in [0.15, 0.2) is 0 Å². The lowest BCUT2D eigenvalue weighted by Crippen LogP contribution is -1.98. The zero-order valence-corrected chi connectivity index (χ0v) is 13.3. The van der Waals surface area contributed by atoms with Crippen LogP contribution >= 0.6 is 15.9 Å². The van der Waals surface area contributed by atoms with Gasteiger partial charge in [-0.15, -0.1) is 0 Å². The van der Waals surface area contributed by atoms with Gasteiger partial charge in [0.05, 0.1) is 16.7 Å². The van der Waals surface area contributed by atoms with Gasteiger partial charge in [-0.25, -0.2) is 0 Å². The van der Waals surface area contributed by atoms with E-state index < -0.39 is 0 Å². The number of pyridine rings is 1. The molecule has 0 amide bonds. The number of halogens is 1. The highest BCUT2D eigenvalue weighted by Crippen LogP contribution is 2.34. The van der Waals surface area contributed by atoms with Gasteiger partial charge in [0.1, 0.15) is 0 Å². The highest BCUT2D eigenvalue weighted by molar-refractivity contribution is 9.10. The molecule has 0 radical (unpaired) electrons. The fourth-order valence-corrected chi connectivity index (χ4v) is 3.67. The highest BCUT2D eigenvalue weighted by Gasteiger charge is 2.15. The summed E-state index contributed by atoms with van der Waals surface area (Å²) < 4.78 is 3.52. The number of aromatic nitrogens is 2. The minimum Gasteiger partial charge on any atom is -0.339 e. The summed E-state index contributed by atoms with van der Waals surface area (Å²) in [4.78, 5) is 4.63. The highest BCUT2D eigenvalue weighted by atomic mass is 79.9. The molecule has 0 spiro atoms. The molecule has 0 fully saturated rings. The molecule has 2 aromatic heterocycles. The Morgan fingerprint density at radius 1 is 1.05 bits per heavy atom. The van der Waals surface area contributed by atoms with Crippen LogP contribution in [-0.4, -0.2) is 9.55 Å². The minimum atomic E-state index is 0.966. The maximum Gasteiger partial charge on any atom is 0.0707 e. The summed E-state index contributed by atoms with van der Waals surface area (Å²) in [6, 6.07) is 6.60. The minimum absolute atomic E-state index is 0.966. The molecular weight excluding hydrogens is 300 g/mol. The molecule has 3 rings (SSSR count). The molecule has 0 saturated carbocycles. The SMILES string of the molecule is CCn1c2c(C)cc(Br)cc2c2cc(C)nc(C)c21. The standard InChI is InChI=1S/C16H17BrN2/c1-5-19-15-9(2)6-12(17)8-14(15)13-7-10(3)18-11(4)16(13)19/h6-8H,5H2,1-4H3. The monoisotopic (exact) mass is 316 g/mol. The average molecular weight is 317 g/mol. The van der Waals surface area contributed by atoms with Crippen molar-refractivity contribution in [3.05, 3.63) is 39.6 Å². The summed E-state index contributed by atoms with van der Waals surface area (Å²) in [5.41, 5.74) is 6.10. The van der Waals surface area contributed by atoms with Crippen LogP contribution in [0.3, 0.4) is 0 Å². The largest absolute Gasteiger partial charge is 0.339 e. The van der Waals surface area contributed by atoms with E-state index in [1.165, 1.54) is 27.4 Å². The smallest absolute Gasteiger partial charge is 0.0707 e. The molecule has 98 valence electrons. The lowest BCUT2D eigenvalue weighted by molar-refractivity contribution is 0.819. The Hall–Kier alpha value is -1.35. The Labute approximate surface area is 121 Å². The Morgan fingerprint density at radius 3 is 2.42 bits per heavy atom. The van der Waals surface area contributed by atoms with Gasteiger partial charge in [-0.2, -0.15) is 0 Å². The molecule has 0 saturated heterocycles. The van der Waals surface area contributed by atoms with E-state index in [2.05, 4.69) is 71.4 Å². The second-order valence-corrected chi connectivity index (χ2v) is 6.02. The number of aryl methyl sites for hydroxylation is 4. The van der Waals surface area contributed by atoms with Gasteiger partial charge in [0.25, 0.3) is 0 Å². The maximum atomic E-state index is 4.63. The lowest BCUT2D eigenvalue weighted by atomic mass is 10.1. The molecule has 0 N–H and O–H groups in total.